The predicted octanol–water partition coefficient (Wildman–Crippen LogP) is 3.92. The monoisotopic (exact) mass is 332 g/mol. The number of hydrogen-bond acceptors (Lipinski definition) is 4. The molecule has 1 aliphatic rings. The SMILES string of the molecule is Cc1cc(NC(=O)c2ccco2)sc1C(=O)N1CCCCCC1. The van der Waals surface area contributed by atoms with Crippen LogP contribution in [-0.4, -0.2) is 29.8 Å². The van der Waals surface area contributed by atoms with E-state index in [1.807, 2.05) is 17.9 Å². The third-order valence-electron chi connectivity index (χ3n) is 3.99. The average Bonchev–Trinajstić information content (AvgIpc) is 3.10. The first kappa shape index (κ1) is 15.8. The van der Waals surface area contributed by atoms with Gasteiger partial charge in [0.1, 0.15) is 0 Å². The Balaban J connectivity index is 1.72. The summed E-state index contributed by atoms with van der Waals surface area (Å²) in [6.45, 7) is 3.55. The first-order valence-corrected chi connectivity index (χ1v) is 8.71. The fourth-order valence-corrected chi connectivity index (χ4v) is 3.79. The minimum absolute atomic E-state index is 0.0768. The van der Waals surface area contributed by atoms with Gasteiger partial charge >= 0.3 is 0 Å². The molecular weight excluding hydrogens is 312 g/mol. The summed E-state index contributed by atoms with van der Waals surface area (Å²) < 4.78 is 5.08. The van der Waals surface area contributed by atoms with Gasteiger partial charge in [0.25, 0.3) is 11.8 Å². The maximum absolute atomic E-state index is 12.7. The Hall–Kier alpha value is -2.08. The smallest absolute Gasteiger partial charge is 0.291 e. The Morgan fingerprint density at radius 3 is 2.61 bits per heavy atom. The van der Waals surface area contributed by atoms with E-state index in [4.69, 9.17) is 4.42 Å². The van der Waals surface area contributed by atoms with Crippen LogP contribution in [0.4, 0.5) is 5.00 Å². The van der Waals surface area contributed by atoms with Crippen LogP contribution in [0.5, 0.6) is 0 Å². The first-order valence-electron chi connectivity index (χ1n) is 7.90. The van der Waals surface area contributed by atoms with Crippen LogP contribution in [0.3, 0.4) is 0 Å². The van der Waals surface area contributed by atoms with Crippen LogP contribution in [0, 0.1) is 6.92 Å². The number of carbonyl (C=O) groups is 2. The molecule has 2 amide bonds. The second kappa shape index (κ2) is 7.00. The molecule has 0 unspecified atom stereocenters. The molecule has 0 saturated carbocycles. The van der Waals surface area contributed by atoms with Gasteiger partial charge in [0.2, 0.25) is 0 Å². The van der Waals surface area contributed by atoms with Gasteiger partial charge in [0.05, 0.1) is 16.1 Å². The van der Waals surface area contributed by atoms with Gasteiger partial charge in [-0.3, -0.25) is 9.59 Å². The van der Waals surface area contributed by atoms with E-state index in [-0.39, 0.29) is 17.6 Å². The van der Waals surface area contributed by atoms with Crippen LogP contribution < -0.4 is 5.32 Å². The molecule has 2 aromatic rings. The number of amides is 2. The van der Waals surface area contributed by atoms with Crippen molar-refractivity contribution in [3.63, 3.8) is 0 Å². The molecule has 0 aromatic carbocycles. The maximum Gasteiger partial charge on any atom is 0.291 e. The fraction of sp³-hybridized carbons (Fsp3) is 0.412. The molecule has 1 fully saturated rings. The van der Waals surface area contributed by atoms with Crippen molar-refractivity contribution < 1.29 is 14.0 Å². The van der Waals surface area contributed by atoms with Crippen LogP contribution in [-0.2, 0) is 0 Å². The fourth-order valence-electron chi connectivity index (χ4n) is 2.75. The number of likely N-dealkylation sites (tertiary alicyclic amines) is 1. The standard InChI is InChI=1S/C17H20N2O3S/c1-12-11-14(18-16(20)13-7-6-10-22-13)23-15(12)17(21)19-8-4-2-3-5-9-19/h6-7,10-11H,2-5,8-9H2,1H3,(H,18,20). The molecule has 0 spiro atoms. The van der Waals surface area contributed by atoms with Gasteiger partial charge in [0, 0.05) is 13.1 Å². The lowest BCUT2D eigenvalue weighted by atomic mass is 10.2. The van der Waals surface area contributed by atoms with Gasteiger partial charge < -0.3 is 14.6 Å². The van der Waals surface area contributed by atoms with Crippen molar-refractivity contribution in [2.24, 2.45) is 0 Å². The van der Waals surface area contributed by atoms with Crippen molar-refractivity contribution in [2.45, 2.75) is 32.6 Å². The first-order chi connectivity index (χ1) is 11.1. The number of nitrogens with one attached hydrogen (secondary N) is 1. The molecule has 1 N–H and O–H groups in total. The summed E-state index contributed by atoms with van der Waals surface area (Å²) in [5.74, 6) is 0.0365. The number of nitrogens with zero attached hydrogens (tertiary/aromatic N) is 1. The van der Waals surface area contributed by atoms with E-state index >= 15 is 0 Å². The molecule has 0 aliphatic carbocycles. The molecule has 0 bridgehead atoms. The third kappa shape index (κ3) is 3.64. The Morgan fingerprint density at radius 1 is 1.22 bits per heavy atom. The van der Waals surface area contributed by atoms with Crippen molar-refractivity contribution in [1.29, 1.82) is 0 Å². The number of anilines is 1. The highest BCUT2D eigenvalue weighted by atomic mass is 32.1. The van der Waals surface area contributed by atoms with Crippen molar-refractivity contribution >= 4 is 28.2 Å². The molecule has 2 aromatic heterocycles. The number of furan rings is 1. The summed E-state index contributed by atoms with van der Waals surface area (Å²) >= 11 is 1.33. The summed E-state index contributed by atoms with van der Waals surface area (Å²) in [4.78, 5) is 27.4. The number of carbonyl (C=O) groups excluding carboxylic acids is 2. The van der Waals surface area contributed by atoms with Crippen LogP contribution in [0.2, 0.25) is 0 Å². The van der Waals surface area contributed by atoms with Gasteiger partial charge in [0.15, 0.2) is 5.76 Å². The number of thiophene rings is 1. The summed E-state index contributed by atoms with van der Waals surface area (Å²) in [7, 11) is 0. The van der Waals surface area contributed by atoms with E-state index in [0.717, 1.165) is 31.5 Å². The number of aryl methyl sites for hydroxylation is 1. The molecule has 1 saturated heterocycles. The van der Waals surface area contributed by atoms with Gasteiger partial charge in [-0.15, -0.1) is 11.3 Å². The summed E-state index contributed by atoms with van der Waals surface area (Å²) in [5, 5.41) is 3.46. The highest BCUT2D eigenvalue weighted by Crippen LogP contribution is 2.29. The van der Waals surface area contributed by atoms with E-state index in [1.165, 1.54) is 30.4 Å². The van der Waals surface area contributed by atoms with Crippen LogP contribution in [0.25, 0.3) is 0 Å². The van der Waals surface area contributed by atoms with E-state index in [2.05, 4.69) is 5.32 Å². The zero-order valence-corrected chi connectivity index (χ0v) is 13.9. The zero-order chi connectivity index (χ0) is 16.2. The number of rotatable bonds is 3. The zero-order valence-electron chi connectivity index (χ0n) is 13.1. The van der Waals surface area contributed by atoms with Crippen molar-refractivity contribution in [3.8, 4) is 0 Å². The van der Waals surface area contributed by atoms with E-state index in [0.29, 0.717) is 9.88 Å². The summed E-state index contributed by atoms with van der Waals surface area (Å²) in [6.07, 6.45) is 5.98. The Morgan fingerprint density at radius 2 is 1.96 bits per heavy atom. The Kier molecular flexibility index (Phi) is 4.81. The lowest BCUT2D eigenvalue weighted by Crippen LogP contribution is -2.31. The Bertz CT molecular complexity index is 683. The molecule has 0 radical (unpaired) electrons. The lowest BCUT2D eigenvalue weighted by Gasteiger charge is -2.19. The van der Waals surface area contributed by atoms with Gasteiger partial charge in [-0.25, -0.2) is 0 Å². The molecule has 5 nitrogen and oxygen atoms in total. The number of hydrogen-bond donors (Lipinski definition) is 1. The van der Waals surface area contributed by atoms with Crippen LogP contribution >= 0.6 is 11.3 Å². The largest absolute Gasteiger partial charge is 0.459 e. The highest BCUT2D eigenvalue weighted by molar-refractivity contribution is 7.18. The van der Waals surface area contributed by atoms with E-state index < -0.39 is 0 Å². The highest BCUT2D eigenvalue weighted by Gasteiger charge is 2.22. The molecule has 0 atom stereocenters. The second-order valence-electron chi connectivity index (χ2n) is 5.76. The minimum Gasteiger partial charge on any atom is -0.459 e. The Labute approximate surface area is 139 Å². The summed E-state index contributed by atoms with van der Waals surface area (Å²) in [6, 6.07) is 5.12. The summed E-state index contributed by atoms with van der Waals surface area (Å²) in [5.41, 5.74) is 0.902. The van der Waals surface area contributed by atoms with Crippen LogP contribution in [0.1, 0.15) is 51.5 Å². The normalized spacial score (nSPS) is 15.3. The third-order valence-corrected chi connectivity index (χ3v) is 5.13. The molecule has 122 valence electrons. The topological polar surface area (TPSA) is 62.6 Å². The lowest BCUT2D eigenvalue weighted by molar-refractivity contribution is 0.0765. The molecular formula is C17H20N2O3S. The quantitative estimate of drug-likeness (QED) is 0.926. The van der Waals surface area contributed by atoms with Crippen molar-refractivity contribution in [3.05, 3.63) is 40.7 Å². The van der Waals surface area contributed by atoms with Crippen molar-refractivity contribution in [2.75, 3.05) is 18.4 Å². The molecule has 6 heteroatoms. The second-order valence-corrected chi connectivity index (χ2v) is 6.81. The van der Waals surface area contributed by atoms with E-state index in [9.17, 15) is 9.59 Å². The maximum atomic E-state index is 12.7. The molecule has 1 aliphatic heterocycles. The van der Waals surface area contributed by atoms with Crippen molar-refractivity contribution in [1.82, 2.24) is 4.90 Å². The van der Waals surface area contributed by atoms with Gasteiger partial charge in [-0.05, 0) is 43.5 Å². The van der Waals surface area contributed by atoms with Crippen LogP contribution in [0.15, 0.2) is 28.9 Å². The minimum atomic E-state index is -0.301. The van der Waals surface area contributed by atoms with Gasteiger partial charge in [-0.1, -0.05) is 12.8 Å². The average molecular weight is 332 g/mol. The molecule has 23 heavy (non-hydrogen) atoms. The predicted molar refractivity (Wildman–Crippen MR) is 90.1 cm³/mol. The molecule has 3 heterocycles. The van der Waals surface area contributed by atoms with Gasteiger partial charge in [-0.2, -0.15) is 0 Å². The van der Waals surface area contributed by atoms with E-state index in [1.54, 1.807) is 12.1 Å². The molecule has 3 rings (SSSR count).